The van der Waals surface area contributed by atoms with Gasteiger partial charge in [-0.1, -0.05) is 11.8 Å². The molecule has 1 N–H and O–H groups in total. The molecule has 0 unspecified atom stereocenters. The Kier molecular flexibility index (Phi) is 5.92. The Morgan fingerprint density at radius 3 is 2.76 bits per heavy atom. The normalized spacial score (nSPS) is 16.5. The van der Waals surface area contributed by atoms with Gasteiger partial charge in [-0.3, -0.25) is 4.79 Å². The number of hydrogen-bond donors (Lipinski definition) is 1. The zero-order valence-electron chi connectivity index (χ0n) is 15.7. The summed E-state index contributed by atoms with van der Waals surface area (Å²) in [7, 11) is -3.48. The number of thioether (sulfide) groups is 1. The molecule has 3 heterocycles. The zero-order valence-corrected chi connectivity index (χ0v) is 18.1. The number of aromatic nitrogens is 1. The monoisotopic (exact) mass is 448 g/mol. The summed E-state index contributed by atoms with van der Waals surface area (Å²) < 4.78 is 26.5. The lowest BCUT2D eigenvalue weighted by Crippen LogP contribution is -2.27. The Morgan fingerprint density at radius 2 is 2.07 bits per heavy atom. The minimum absolute atomic E-state index is 0.138. The van der Waals surface area contributed by atoms with Crippen LogP contribution in [0.25, 0.3) is 0 Å². The quantitative estimate of drug-likeness (QED) is 0.682. The molecule has 2 aromatic heterocycles. The van der Waals surface area contributed by atoms with E-state index in [1.54, 1.807) is 12.1 Å². The van der Waals surface area contributed by atoms with Gasteiger partial charge in [0.05, 0.1) is 16.3 Å². The number of carbonyl (C=O) groups excluding carboxylic acids is 1. The highest BCUT2D eigenvalue weighted by molar-refractivity contribution is 7.99. The molecule has 152 valence electrons. The van der Waals surface area contributed by atoms with E-state index in [-0.39, 0.29) is 16.6 Å². The van der Waals surface area contributed by atoms with E-state index >= 15 is 0 Å². The highest BCUT2D eigenvalue weighted by Gasteiger charge is 2.27. The summed E-state index contributed by atoms with van der Waals surface area (Å²) in [5.41, 5.74) is 1.67. The summed E-state index contributed by atoms with van der Waals surface area (Å²) >= 11 is 2.72. The molecule has 0 spiro atoms. The summed E-state index contributed by atoms with van der Waals surface area (Å²) in [6, 6.07) is 5.38. The second kappa shape index (κ2) is 8.44. The molecule has 7 nitrogen and oxygen atoms in total. The van der Waals surface area contributed by atoms with Crippen LogP contribution in [0.2, 0.25) is 0 Å². The van der Waals surface area contributed by atoms with Crippen LogP contribution in [-0.4, -0.2) is 42.5 Å². The molecule has 4 rings (SSSR count). The van der Waals surface area contributed by atoms with Crippen LogP contribution in [0.15, 0.2) is 28.3 Å². The minimum Gasteiger partial charge on any atom is -0.316 e. The van der Waals surface area contributed by atoms with Gasteiger partial charge >= 0.3 is 0 Å². The van der Waals surface area contributed by atoms with Gasteiger partial charge < -0.3 is 5.32 Å². The molecule has 1 saturated heterocycles. The SMILES string of the molecule is N#Cc1c(NC(=O)CSc2ccc(S(=O)(=O)N3CCCC3)cn2)sc2c1CCC2. The molecule has 10 heteroatoms. The number of carbonyl (C=O) groups is 1. The molecule has 0 radical (unpaired) electrons. The number of nitrogens with zero attached hydrogens (tertiary/aromatic N) is 3. The number of anilines is 1. The number of rotatable bonds is 6. The average Bonchev–Trinajstić information content (AvgIpc) is 3.44. The van der Waals surface area contributed by atoms with Crippen LogP contribution in [-0.2, 0) is 27.7 Å². The Hall–Kier alpha value is -1.93. The number of nitrogens with one attached hydrogen (secondary N) is 1. The number of amides is 1. The Morgan fingerprint density at radius 1 is 1.28 bits per heavy atom. The summed E-state index contributed by atoms with van der Waals surface area (Å²) in [4.78, 5) is 17.9. The number of thiophene rings is 1. The number of hydrogen-bond acceptors (Lipinski definition) is 7. The van der Waals surface area contributed by atoms with Crippen molar-refractivity contribution in [2.45, 2.75) is 42.0 Å². The fourth-order valence-electron chi connectivity index (χ4n) is 3.60. The predicted octanol–water partition coefficient (Wildman–Crippen LogP) is 3.02. The summed E-state index contributed by atoms with van der Waals surface area (Å²) in [6.07, 6.45) is 6.05. The average molecular weight is 449 g/mol. The van der Waals surface area contributed by atoms with E-state index in [0.717, 1.165) is 37.7 Å². The van der Waals surface area contributed by atoms with Crippen LogP contribution in [0, 0.1) is 11.3 Å². The molecule has 1 aliphatic heterocycles. The number of fused-ring (bicyclic) bond motifs is 1. The Balaban J connectivity index is 1.36. The van der Waals surface area contributed by atoms with E-state index in [9.17, 15) is 18.5 Å². The van der Waals surface area contributed by atoms with Crippen LogP contribution < -0.4 is 5.32 Å². The first-order valence-electron chi connectivity index (χ1n) is 9.42. The van der Waals surface area contributed by atoms with Crippen LogP contribution >= 0.6 is 23.1 Å². The van der Waals surface area contributed by atoms with Gasteiger partial charge in [0.2, 0.25) is 15.9 Å². The maximum atomic E-state index is 12.5. The largest absolute Gasteiger partial charge is 0.316 e. The molecular weight excluding hydrogens is 428 g/mol. The molecule has 0 aromatic carbocycles. The van der Waals surface area contributed by atoms with Crippen molar-refractivity contribution in [2.24, 2.45) is 0 Å². The van der Waals surface area contributed by atoms with Crippen LogP contribution in [0.1, 0.15) is 35.3 Å². The second-order valence-corrected chi connectivity index (χ2v) is 11.0. The van der Waals surface area contributed by atoms with Crippen LogP contribution in [0.4, 0.5) is 5.00 Å². The molecule has 2 aromatic rings. The van der Waals surface area contributed by atoms with Crippen LogP contribution in [0.3, 0.4) is 0 Å². The third-order valence-electron chi connectivity index (χ3n) is 5.05. The lowest BCUT2D eigenvalue weighted by molar-refractivity contribution is -0.113. The molecule has 1 fully saturated rings. The van der Waals surface area contributed by atoms with Gasteiger partial charge in [-0.15, -0.1) is 11.3 Å². The topological polar surface area (TPSA) is 103 Å². The van der Waals surface area contributed by atoms with Crippen molar-refractivity contribution in [1.82, 2.24) is 9.29 Å². The molecule has 1 amide bonds. The van der Waals surface area contributed by atoms with Crippen molar-refractivity contribution in [2.75, 3.05) is 24.2 Å². The van der Waals surface area contributed by atoms with Gasteiger partial charge in [0.1, 0.15) is 16.0 Å². The fraction of sp³-hybridized carbons (Fsp3) is 0.421. The molecule has 0 bridgehead atoms. The fourth-order valence-corrected chi connectivity index (χ4v) is 6.96. The lowest BCUT2D eigenvalue weighted by Gasteiger charge is -2.15. The van der Waals surface area contributed by atoms with Gasteiger partial charge in [0.15, 0.2) is 0 Å². The first kappa shape index (κ1) is 20.3. The van der Waals surface area contributed by atoms with Crippen molar-refractivity contribution >= 4 is 44.0 Å². The van der Waals surface area contributed by atoms with Crippen molar-refractivity contribution in [1.29, 1.82) is 5.26 Å². The third-order valence-corrected chi connectivity index (χ3v) is 9.08. The summed E-state index contributed by atoms with van der Waals surface area (Å²) in [5, 5.41) is 13.4. The zero-order chi connectivity index (χ0) is 20.4. The van der Waals surface area contributed by atoms with E-state index in [0.29, 0.717) is 28.7 Å². The molecule has 0 saturated carbocycles. The lowest BCUT2D eigenvalue weighted by atomic mass is 10.1. The minimum atomic E-state index is -3.48. The Labute approximate surface area is 178 Å². The molecule has 2 aliphatic rings. The molecule has 1 aliphatic carbocycles. The van der Waals surface area contributed by atoms with Crippen LogP contribution in [0.5, 0.6) is 0 Å². The number of nitriles is 1. The predicted molar refractivity (Wildman–Crippen MR) is 113 cm³/mol. The first-order chi connectivity index (χ1) is 14.0. The second-order valence-electron chi connectivity index (χ2n) is 6.95. The van der Waals surface area contributed by atoms with E-state index in [4.69, 9.17) is 0 Å². The first-order valence-corrected chi connectivity index (χ1v) is 12.7. The smallest absolute Gasteiger partial charge is 0.244 e. The summed E-state index contributed by atoms with van der Waals surface area (Å²) in [6.45, 7) is 1.10. The van der Waals surface area contributed by atoms with E-state index in [1.807, 2.05) is 0 Å². The van der Waals surface area contributed by atoms with Gasteiger partial charge in [-0.05, 0) is 49.8 Å². The Bertz CT molecular complexity index is 1070. The maximum Gasteiger partial charge on any atom is 0.244 e. The molecule has 0 atom stereocenters. The number of sulfonamides is 1. The summed E-state index contributed by atoms with van der Waals surface area (Å²) in [5.74, 6) is -0.0689. The van der Waals surface area contributed by atoms with Crippen molar-refractivity contribution < 1.29 is 13.2 Å². The highest BCUT2D eigenvalue weighted by Crippen LogP contribution is 2.38. The highest BCUT2D eigenvalue weighted by atomic mass is 32.2. The van der Waals surface area contributed by atoms with Crippen molar-refractivity contribution in [3.05, 3.63) is 34.3 Å². The molecule has 29 heavy (non-hydrogen) atoms. The van der Waals surface area contributed by atoms with Crippen molar-refractivity contribution in [3.8, 4) is 6.07 Å². The van der Waals surface area contributed by atoms with Gasteiger partial charge in [0.25, 0.3) is 0 Å². The van der Waals surface area contributed by atoms with Gasteiger partial charge in [-0.25, -0.2) is 13.4 Å². The van der Waals surface area contributed by atoms with E-state index in [1.165, 1.54) is 38.5 Å². The maximum absolute atomic E-state index is 12.5. The third kappa shape index (κ3) is 4.19. The molecular formula is C19H20N4O3S3. The van der Waals surface area contributed by atoms with E-state index in [2.05, 4.69) is 16.4 Å². The van der Waals surface area contributed by atoms with Gasteiger partial charge in [-0.2, -0.15) is 9.57 Å². The van der Waals surface area contributed by atoms with E-state index < -0.39 is 10.0 Å². The number of aryl methyl sites for hydroxylation is 1. The number of pyridine rings is 1. The standard InChI is InChI=1S/C19H20N4O3S3/c20-10-15-14-4-3-5-16(14)28-19(15)22-17(24)12-27-18-7-6-13(11-21-18)29(25,26)23-8-1-2-9-23/h6-7,11H,1-5,8-9,12H2,(H,22,24). The van der Waals surface area contributed by atoms with Gasteiger partial charge in [0, 0.05) is 24.2 Å². The van der Waals surface area contributed by atoms with Crippen molar-refractivity contribution in [3.63, 3.8) is 0 Å².